The first kappa shape index (κ1) is 18.9. The fraction of sp³-hybridized carbons (Fsp3) is 0.273. The number of carbonyl (C=O) groups is 1. The number of nitrogens with zero attached hydrogens (tertiary/aromatic N) is 1. The fourth-order valence-electron chi connectivity index (χ4n) is 3.39. The van der Waals surface area contributed by atoms with Gasteiger partial charge in [-0.15, -0.1) is 0 Å². The van der Waals surface area contributed by atoms with E-state index in [9.17, 15) is 4.79 Å². The third kappa shape index (κ3) is 3.76. The van der Waals surface area contributed by atoms with E-state index in [1.807, 2.05) is 18.2 Å². The van der Waals surface area contributed by atoms with E-state index in [1.54, 1.807) is 24.3 Å². The van der Waals surface area contributed by atoms with Crippen molar-refractivity contribution in [1.82, 2.24) is 0 Å². The summed E-state index contributed by atoms with van der Waals surface area (Å²) in [6.45, 7) is 6.92. The van der Waals surface area contributed by atoms with Crippen molar-refractivity contribution in [2.24, 2.45) is 0 Å². The van der Waals surface area contributed by atoms with Gasteiger partial charge in [-0.1, -0.05) is 0 Å². The Balaban J connectivity index is 1.61. The number of amides is 1. The van der Waals surface area contributed by atoms with E-state index >= 15 is 0 Å². The Morgan fingerprint density at radius 1 is 1.03 bits per heavy atom. The third-order valence-corrected chi connectivity index (χ3v) is 4.93. The molecule has 29 heavy (non-hydrogen) atoms. The second-order valence-corrected chi connectivity index (χ2v) is 6.70. The largest absolute Gasteiger partial charge is 0.486 e. The van der Waals surface area contributed by atoms with E-state index in [0.717, 1.165) is 24.2 Å². The van der Waals surface area contributed by atoms with Crippen molar-refractivity contribution in [3.8, 4) is 11.5 Å². The summed E-state index contributed by atoms with van der Waals surface area (Å²) in [6, 6.07) is 12.7. The molecule has 4 rings (SSSR count). The average Bonchev–Trinajstić information content (AvgIpc) is 2.74. The topological polar surface area (TPSA) is 87.8 Å². The molecule has 0 spiro atoms. The molecule has 0 bridgehead atoms. The highest BCUT2D eigenvalue weighted by Crippen LogP contribution is 2.32. The van der Waals surface area contributed by atoms with Crippen LogP contribution in [0.25, 0.3) is 11.0 Å². The number of ether oxygens (including phenoxy) is 2. The molecule has 7 nitrogen and oxygen atoms in total. The molecule has 1 aliphatic heterocycles. The molecule has 0 atom stereocenters. The number of nitrogens with one attached hydrogen (secondary N) is 2. The highest BCUT2D eigenvalue weighted by atomic mass is 16.6. The Hall–Kier alpha value is -3.48. The van der Waals surface area contributed by atoms with Crippen molar-refractivity contribution in [3.05, 3.63) is 53.6 Å². The highest BCUT2D eigenvalue weighted by molar-refractivity contribution is 6.05. The van der Waals surface area contributed by atoms with Gasteiger partial charge >= 0.3 is 0 Å². The number of rotatable bonds is 5. The van der Waals surface area contributed by atoms with Gasteiger partial charge in [0.05, 0.1) is 0 Å². The van der Waals surface area contributed by atoms with Crippen molar-refractivity contribution in [1.29, 1.82) is 5.41 Å². The molecule has 2 N–H and O–H groups in total. The summed E-state index contributed by atoms with van der Waals surface area (Å²) in [5.41, 5.74) is 2.16. The summed E-state index contributed by atoms with van der Waals surface area (Å²) < 4.78 is 16.7. The van der Waals surface area contributed by atoms with Gasteiger partial charge in [0.1, 0.15) is 24.4 Å². The number of fused-ring (bicyclic) bond motifs is 2. The van der Waals surface area contributed by atoms with Crippen LogP contribution in [0.3, 0.4) is 0 Å². The molecule has 150 valence electrons. The fourth-order valence-corrected chi connectivity index (χ4v) is 3.39. The number of hydrogen-bond acceptors (Lipinski definition) is 6. The first-order valence-electron chi connectivity index (χ1n) is 9.67. The summed E-state index contributed by atoms with van der Waals surface area (Å²) in [7, 11) is 0. The third-order valence-electron chi connectivity index (χ3n) is 4.93. The first-order chi connectivity index (χ1) is 14.1. The van der Waals surface area contributed by atoms with Gasteiger partial charge in [0.25, 0.3) is 5.91 Å². The van der Waals surface area contributed by atoms with Gasteiger partial charge in [-0.25, -0.2) is 0 Å². The second kappa shape index (κ2) is 7.87. The summed E-state index contributed by atoms with van der Waals surface area (Å²) >= 11 is 0. The molecule has 0 saturated carbocycles. The Morgan fingerprint density at radius 3 is 2.55 bits per heavy atom. The van der Waals surface area contributed by atoms with Crippen LogP contribution in [0, 0.1) is 5.41 Å². The van der Waals surface area contributed by atoms with E-state index in [4.69, 9.17) is 19.3 Å². The minimum absolute atomic E-state index is 0.169. The normalized spacial score (nSPS) is 12.6. The highest BCUT2D eigenvalue weighted by Gasteiger charge is 2.16. The zero-order chi connectivity index (χ0) is 20.4. The predicted octanol–water partition coefficient (Wildman–Crippen LogP) is 3.78. The smallest absolute Gasteiger partial charge is 0.261 e. The maximum absolute atomic E-state index is 12.7. The molecule has 7 heteroatoms. The summed E-state index contributed by atoms with van der Waals surface area (Å²) in [6.07, 6.45) is 0. The molecule has 0 radical (unpaired) electrons. The Labute approximate surface area is 168 Å². The van der Waals surface area contributed by atoms with Crippen LogP contribution in [0.15, 0.2) is 46.9 Å². The lowest BCUT2D eigenvalue weighted by atomic mass is 10.1. The van der Waals surface area contributed by atoms with Crippen molar-refractivity contribution in [2.45, 2.75) is 13.8 Å². The molecule has 1 amide bonds. The van der Waals surface area contributed by atoms with Crippen LogP contribution in [0.4, 0.5) is 11.4 Å². The van der Waals surface area contributed by atoms with Gasteiger partial charge in [0, 0.05) is 42.0 Å². The Bertz CT molecular complexity index is 1120. The molecule has 0 saturated heterocycles. The van der Waals surface area contributed by atoms with Gasteiger partial charge in [-0.05, 0) is 44.2 Å². The van der Waals surface area contributed by atoms with E-state index in [-0.39, 0.29) is 11.1 Å². The van der Waals surface area contributed by atoms with Gasteiger partial charge in [0.15, 0.2) is 11.5 Å². The van der Waals surface area contributed by atoms with Crippen LogP contribution in [-0.4, -0.2) is 32.2 Å². The van der Waals surface area contributed by atoms with Crippen LogP contribution in [0.1, 0.15) is 24.2 Å². The van der Waals surface area contributed by atoms with E-state index in [2.05, 4.69) is 24.1 Å². The maximum atomic E-state index is 12.7. The van der Waals surface area contributed by atoms with E-state index < -0.39 is 5.91 Å². The summed E-state index contributed by atoms with van der Waals surface area (Å²) in [5, 5.41) is 11.7. The molecular formula is C22H23N3O4. The lowest BCUT2D eigenvalue weighted by Gasteiger charge is -2.21. The van der Waals surface area contributed by atoms with E-state index in [1.165, 1.54) is 0 Å². The van der Waals surface area contributed by atoms with Gasteiger partial charge in [0.2, 0.25) is 5.55 Å². The second-order valence-electron chi connectivity index (χ2n) is 6.70. The van der Waals surface area contributed by atoms with Gasteiger partial charge in [-0.2, -0.15) is 0 Å². The van der Waals surface area contributed by atoms with Crippen LogP contribution >= 0.6 is 0 Å². The molecule has 0 unspecified atom stereocenters. The van der Waals surface area contributed by atoms with Crippen LogP contribution < -0.4 is 25.2 Å². The lowest BCUT2D eigenvalue weighted by Crippen LogP contribution is -2.22. The summed E-state index contributed by atoms with van der Waals surface area (Å²) in [4.78, 5) is 14.9. The van der Waals surface area contributed by atoms with Crippen LogP contribution in [0.5, 0.6) is 11.5 Å². The monoisotopic (exact) mass is 393 g/mol. The Kier molecular flexibility index (Phi) is 5.12. The number of benzene rings is 2. The van der Waals surface area contributed by atoms with Crippen molar-refractivity contribution >= 4 is 28.3 Å². The minimum atomic E-state index is -0.412. The molecule has 1 aromatic heterocycles. The number of carbonyl (C=O) groups excluding carboxylic acids is 1. The minimum Gasteiger partial charge on any atom is -0.486 e. The predicted molar refractivity (Wildman–Crippen MR) is 111 cm³/mol. The molecule has 0 aliphatic carbocycles. The van der Waals surface area contributed by atoms with Crippen molar-refractivity contribution < 1.29 is 18.7 Å². The lowest BCUT2D eigenvalue weighted by molar-refractivity contribution is 0.102. The first-order valence-corrected chi connectivity index (χ1v) is 9.67. The average molecular weight is 393 g/mol. The molecular weight excluding hydrogens is 370 g/mol. The SMILES string of the molecule is CCN(CC)c1ccc2cc(C(=O)Nc3ccc4c(c3)OCCO4)c(=N)oc2c1. The standard InChI is InChI=1S/C22H23N3O4/c1-3-25(4-2)16-7-5-14-11-17(21(23)29-19(14)13-16)22(26)24-15-6-8-18-20(12-15)28-10-9-27-18/h5-8,11-13,23H,3-4,9-10H2,1-2H3,(H,24,26). The molecule has 2 heterocycles. The molecule has 3 aromatic rings. The quantitative estimate of drug-likeness (QED) is 0.689. The van der Waals surface area contributed by atoms with Crippen molar-refractivity contribution in [2.75, 3.05) is 36.5 Å². The number of hydrogen-bond donors (Lipinski definition) is 2. The van der Waals surface area contributed by atoms with Crippen LogP contribution in [-0.2, 0) is 0 Å². The molecule has 1 aliphatic rings. The van der Waals surface area contributed by atoms with E-state index in [0.29, 0.717) is 36.0 Å². The maximum Gasteiger partial charge on any atom is 0.261 e. The molecule has 0 fully saturated rings. The summed E-state index contributed by atoms with van der Waals surface area (Å²) in [5.74, 6) is 0.831. The zero-order valence-electron chi connectivity index (χ0n) is 16.5. The van der Waals surface area contributed by atoms with Crippen LogP contribution in [0.2, 0.25) is 0 Å². The van der Waals surface area contributed by atoms with Gasteiger partial charge in [-0.3, -0.25) is 10.2 Å². The van der Waals surface area contributed by atoms with Gasteiger partial charge < -0.3 is 24.1 Å². The Morgan fingerprint density at radius 2 is 1.79 bits per heavy atom. The van der Waals surface area contributed by atoms with Crippen molar-refractivity contribution in [3.63, 3.8) is 0 Å². The number of anilines is 2. The molecule has 2 aromatic carbocycles. The zero-order valence-corrected chi connectivity index (χ0v) is 16.5.